The van der Waals surface area contributed by atoms with Gasteiger partial charge in [0.05, 0.1) is 19.3 Å². The van der Waals surface area contributed by atoms with Crippen molar-refractivity contribution in [2.75, 3.05) is 25.0 Å². The van der Waals surface area contributed by atoms with Crippen LogP contribution in [0.1, 0.15) is 172 Å². The van der Waals surface area contributed by atoms with E-state index >= 15 is 0 Å². The third kappa shape index (κ3) is 319. The van der Waals surface area contributed by atoms with Gasteiger partial charge in [0.1, 0.15) is 5.78 Å². The first-order valence-electron chi connectivity index (χ1n) is 15.9. The number of carboxylic acid groups (broad SMARTS) is 1. The number of rotatable bonds is 7. The second kappa shape index (κ2) is 97.3. The Balaban J connectivity index is -0.0000000133. The zero-order valence-corrected chi connectivity index (χ0v) is 41.2. The number of esters is 1. The fourth-order valence-corrected chi connectivity index (χ4v) is 1.40. The maximum Gasteiger partial charge on any atom is 2.00 e. The van der Waals surface area contributed by atoms with Crippen molar-refractivity contribution >= 4 is 127 Å². The van der Waals surface area contributed by atoms with E-state index in [1.807, 2.05) is 41.5 Å². The molecule has 0 aromatic heterocycles. The molecule has 2 rings (SSSR count). The summed E-state index contributed by atoms with van der Waals surface area (Å²) in [5.41, 5.74) is 1.44. The molecular formula is C34H86BrCl2Mg3O7+. The fraction of sp³-hybridized carbons (Fsp3) is 0.853. The number of alkyl halides is 2. The largest absolute Gasteiger partial charge is 2.00 e. The van der Waals surface area contributed by atoms with E-state index in [-0.39, 0.29) is 119 Å². The van der Waals surface area contributed by atoms with E-state index in [0.29, 0.717) is 12.3 Å². The van der Waals surface area contributed by atoms with Gasteiger partial charge in [-0.15, -0.1) is 40.2 Å². The maximum atomic E-state index is 10.1. The van der Waals surface area contributed by atoms with Crippen LogP contribution in [0.3, 0.4) is 0 Å². The third-order valence-electron chi connectivity index (χ3n) is 2.82. The molecular weight excluding hydrogens is 744 g/mol. The number of ketones is 1. The number of carboxylic acids is 1. The van der Waals surface area contributed by atoms with Crippen LogP contribution in [0.2, 0.25) is 0 Å². The molecule has 1 saturated carbocycles. The number of hydrogen-bond donors (Lipinski definition) is 1. The molecule has 1 saturated heterocycles. The van der Waals surface area contributed by atoms with Crippen LogP contribution < -0.4 is 0 Å². The topological polar surface area (TPSA) is 126 Å². The molecule has 0 radical (unpaired) electrons. The predicted molar refractivity (Wildman–Crippen MR) is 231 cm³/mol. The van der Waals surface area contributed by atoms with Crippen molar-refractivity contribution in [3.05, 3.63) is 11.6 Å². The number of aliphatic carboxylic acids is 1. The van der Waals surface area contributed by atoms with E-state index in [0.717, 1.165) is 45.3 Å². The Morgan fingerprint density at radius 3 is 1.15 bits per heavy atom. The van der Waals surface area contributed by atoms with Crippen LogP contribution in [0.25, 0.3) is 0 Å². The first kappa shape index (κ1) is 86.9. The molecule has 4 N–H and O–H groups in total. The molecule has 2 fully saturated rings. The Morgan fingerprint density at radius 1 is 0.809 bits per heavy atom. The molecule has 1 heterocycles. The van der Waals surface area contributed by atoms with Gasteiger partial charge in [0, 0.05) is 33.5 Å². The smallest absolute Gasteiger partial charge is 1.00 e. The van der Waals surface area contributed by atoms with Gasteiger partial charge in [-0.2, -0.15) is 0 Å². The molecule has 0 aromatic carbocycles. The molecule has 47 heavy (non-hydrogen) atoms. The van der Waals surface area contributed by atoms with Gasteiger partial charge in [0.15, 0.2) is 0 Å². The number of allylic oxidation sites excluding steroid dienone is 2. The van der Waals surface area contributed by atoms with Gasteiger partial charge < -0.3 is 33.4 Å². The molecule has 290 valence electrons. The molecule has 1 aliphatic carbocycles. The zero-order valence-electron chi connectivity index (χ0n) is 39.7. The number of halogens is 3. The Labute approximate surface area is 372 Å². The Bertz CT molecular complexity index is 531. The minimum absolute atomic E-state index is 0. The van der Waals surface area contributed by atoms with Gasteiger partial charge in [-0.3, -0.25) is 9.59 Å². The average molecular weight is 831 g/mol. The Kier molecular flexibility index (Phi) is 180. The quantitative estimate of drug-likeness (QED) is 0.0680. The molecule has 0 atom stereocenters. The van der Waals surface area contributed by atoms with Crippen molar-refractivity contribution in [1.82, 2.24) is 0 Å². The zero-order chi connectivity index (χ0) is 35.2. The summed E-state index contributed by atoms with van der Waals surface area (Å²) in [6, 6.07) is 0. The van der Waals surface area contributed by atoms with E-state index < -0.39 is 5.97 Å². The standard InChI is InChI=1S/C7H13Cl.C5H9ClO.C5H10O2.C3H6.2C3H8.C2H4O2.C2H4O.2C2H6.BrH.3Mg.H2O.H2.6H/c1-3-7(2)5-4-6-8;1-5(7)3-2-4-6;1-4(2)7-5(3)6;1-2-3-1;2*1-3-2;1-2(3)4;1-2-3-1;2*1-2;;;;;;;;;;;;/h3H,4-6H2,1-2H3;2-4H2,1H3;4H,1-3H3;1-3H2;2*3H2,1-2H3;1H3,(H,3,4);1-2H2;2*1-2H3;1H;;;;1H2;1H;;;;;;/q;;;;;;;;;;;3*+2;;;6*-1/p+1/b7-3+;;;;;;;;;;;;;;;;;;;;;. The Hall–Kier alpha value is 1.63. The summed E-state index contributed by atoms with van der Waals surface area (Å²) in [6.45, 7) is 30.4. The summed E-state index contributed by atoms with van der Waals surface area (Å²) >= 11 is 10.8. The van der Waals surface area contributed by atoms with E-state index in [1.54, 1.807) is 6.92 Å². The number of ether oxygens (including phenoxy) is 2. The number of epoxide rings is 1. The first-order chi connectivity index (χ1) is 19.8. The SMILES string of the molecule is Br.C/C=C(\C)CCCCl.C1CC1.C1CO1.CC.CC.CC(=O)CCCCl.CC(=O)O.CC(=O)OC(C)C.CCC.CCC.[H-].[H-].[H-].[H-].[H-].[H-].[HH].[Mg+2].[Mg+2].[Mg+2].[OH3+]. The first-order valence-corrected chi connectivity index (χ1v) is 17.0. The van der Waals surface area contributed by atoms with E-state index in [2.05, 4.69) is 57.1 Å². The normalized spacial score (nSPS) is 9.36. The van der Waals surface area contributed by atoms with Crippen LogP contribution in [-0.2, 0) is 29.3 Å². The van der Waals surface area contributed by atoms with Gasteiger partial charge in [-0.05, 0) is 53.9 Å². The van der Waals surface area contributed by atoms with Crippen LogP contribution in [0.4, 0.5) is 0 Å². The maximum absolute atomic E-state index is 10.1. The van der Waals surface area contributed by atoms with Crippen LogP contribution >= 0.6 is 40.2 Å². The van der Waals surface area contributed by atoms with Crippen LogP contribution in [0.5, 0.6) is 0 Å². The third-order valence-corrected chi connectivity index (χ3v) is 3.35. The van der Waals surface area contributed by atoms with Crippen LogP contribution in [0.15, 0.2) is 11.6 Å². The molecule has 13 heteroatoms. The fourth-order valence-electron chi connectivity index (χ4n) is 1.14. The number of Topliss-reactive ketones (excluding diaryl/α,β-unsaturated/α-hetero) is 1. The minimum Gasteiger partial charge on any atom is -1.00 e. The number of carbonyl (C=O) groups excluding carboxylic acids is 2. The second-order valence-corrected chi connectivity index (χ2v) is 9.44. The van der Waals surface area contributed by atoms with E-state index in [9.17, 15) is 9.59 Å². The second-order valence-electron chi connectivity index (χ2n) is 8.69. The van der Waals surface area contributed by atoms with Crippen molar-refractivity contribution in [2.45, 2.75) is 168 Å². The molecule has 2 aliphatic rings. The van der Waals surface area contributed by atoms with Gasteiger partial charge >= 0.3 is 75.1 Å². The van der Waals surface area contributed by atoms with Crippen LogP contribution in [-0.4, -0.2) is 123 Å². The summed E-state index contributed by atoms with van der Waals surface area (Å²) in [7, 11) is 0. The van der Waals surface area contributed by atoms with E-state index in [1.165, 1.54) is 44.6 Å². The summed E-state index contributed by atoms with van der Waals surface area (Å²) in [4.78, 5) is 29.2. The molecule has 0 aromatic rings. The van der Waals surface area contributed by atoms with Gasteiger partial charge in [-0.1, -0.05) is 99.1 Å². The van der Waals surface area contributed by atoms with Crippen molar-refractivity contribution in [3.63, 3.8) is 0 Å². The van der Waals surface area contributed by atoms with Crippen molar-refractivity contribution in [1.29, 1.82) is 0 Å². The summed E-state index contributed by atoms with van der Waals surface area (Å²) in [5.74, 6) is 0.556. The molecule has 0 unspecified atom stereocenters. The number of hydrogen-bond acceptors (Lipinski definition) is 5. The predicted octanol–water partition coefficient (Wildman–Crippen LogP) is 11.1. The molecule has 0 amide bonds. The molecule has 0 bridgehead atoms. The summed E-state index contributed by atoms with van der Waals surface area (Å²) in [6.07, 6.45) is 12.9. The average Bonchev–Trinajstić information content (AvgIpc) is 3.80. The monoisotopic (exact) mass is 827 g/mol. The van der Waals surface area contributed by atoms with Gasteiger partial charge in [0.25, 0.3) is 5.97 Å². The minimum atomic E-state index is -0.833. The molecule has 7 nitrogen and oxygen atoms in total. The van der Waals surface area contributed by atoms with Crippen molar-refractivity contribution in [2.24, 2.45) is 0 Å². The van der Waals surface area contributed by atoms with Crippen LogP contribution in [0, 0.1) is 0 Å². The van der Waals surface area contributed by atoms with E-state index in [4.69, 9.17) is 33.1 Å². The van der Waals surface area contributed by atoms with Crippen molar-refractivity contribution in [3.8, 4) is 0 Å². The molecule has 1 aliphatic heterocycles. The summed E-state index contributed by atoms with van der Waals surface area (Å²) < 4.78 is 9.11. The van der Waals surface area contributed by atoms with Gasteiger partial charge in [-0.25, -0.2) is 0 Å². The number of carbonyl (C=O) groups is 3. The summed E-state index contributed by atoms with van der Waals surface area (Å²) in [5, 5.41) is 7.42. The van der Waals surface area contributed by atoms with Crippen molar-refractivity contribution < 1.29 is 44.4 Å². The molecule has 0 spiro atoms. The Morgan fingerprint density at radius 2 is 1.06 bits per heavy atom. The van der Waals surface area contributed by atoms with Gasteiger partial charge in [0.2, 0.25) is 0 Å².